The molecule has 0 bridgehead atoms. The number of aromatic carboxylic acids is 1. The van der Waals surface area contributed by atoms with Gasteiger partial charge in [0.25, 0.3) is 0 Å². The van der Waals surface area contributed by atoms with Gasteiger partial charge in [-0.3, -0.25) is 4.90 Å². The third-order valence-corrected chi connectivity index (χ3v) is 7.44. The molecule has 1 saturated heterocycles. The molecule has 1 atom stereocenters. The number of carboxylic acid groups (broad SMARTS) is 1. The third-order valence-electron chi connectivity index (χ3n) is 7.21. The Labute approximate surface area is 218 Å². The zero-order valence-corrected chi connectivity index (χ0v) is 20.9. The fourth-order valence-electron chi connectivity index (χ4n) is 5.11. The van der Waals surface area contributed by atoms with Crippen LogP contribution in [-0.2, 0) is 37.2 Å². The maximum atomic E-state index is 14.3. The molecule has 2 aromatic heterocycles. The molecule has 9 heteroatoms. The van der Waals surface area contributed by atoms with Crippen LogP contribution >= 0.6 is 11.6 Å². The van der Waals surface area contributed by atoms with Crippen LogP contribution < -0.4 is 0 Å². The van der Waals surface area contributed by atoms with Crippen LogP contribution in [0.4, 0.5) is 4.39 Å². The van der Waals surface area contributed by atoms with Gasteiger partial charge in [0, 0.05) is 31.1 Å². The topological polar surface area (TPSA) is 80.5 Å². The Morgan fingerprint density at radius 1 is 1.14 bits per heavy atom. The number of fused-ring (bicyclic) bond motifs is 2. The summed E-state index contributed by atoms with van der Waals surface area (Å²) >= 11 is 5.91. The molecule has 2 aromatic carbocycles. The van der Waals surface area contributed by atoms with E-state index in [-0.39, 0.29) is 17.6 Å². The Morgan fingerprint density at radius 2 is 2.00 bits per heavy atom. The van der Waals surface area contributed by atoms with Crippen molar-refractivity contribution < 1.29 is 19.0 Å². The summed E-state index contributed by atoms with van der Waals surface area (Å²) in [5.41, 5.74) is 5.49. The number of hydrogen-bond acceptors (Lipinski definition) is 5. The minimum Gasteiger partial charge on any atom is -0.477 e. The summed E-state index contributed by atoms with van der Waals surface area (Å²) in [6, 6.07) is 14.4. The zero-order chi connectivity index (χ0) is 25.5. The predicted octanol–water partition coefficient (Wildman–Crippen LogP) is 4.86. The zero-order valence-electron chi connectivity index (χ0n) is 20.2. The monoisotopic (exact) mass is 520 g/mol. The first-order valence-electron chi connectivity index (χ1n) is 12.4. The van der Waals surface area contributed by atoms with Crippen LogP contribution in [0.1, 0.15) is 45.0 Å². The van der Waals surface area contributed by atoms with Crippen molar-refractivity contribution in [2.75, 3.05) is 13.2 Å². The Morgan fingerprint density at radius 3 is 2.76 bits per heavy atom. The van der Waals surface area contributed by atoms with Crippen LogP contribution in [0.3, 0.4) is 0 Å². The van der Waals surface area contributed by atoms with Gasteiger partial charge in [-0.05, 0) is 59.4 Å². The summed E-state index contributed by atoms with van der Waals surface area (Å²) < 4.78 is 22.0. The lowest BCUT2D eigenvalue weighted by Crippen LogP contribution is -2.34. The minimum absolute atomic E-state index is 0.00582. The van der Waals surface area contributed by atoms with Gasteiger partial charge in [-0.25, -0.2) is 19.2 Å². The van der Waals surface area contributed by atoms with E-state index in [0.717, 1.165) is 43.9 Å². The highest BCUT2D eigenvalue weighted by Gasteiger charge is 2.25. The molecule has 7 nitrogen and oxygen atoms in total. The van der Waals surface area contributed by atoms with Crippen molar-refractivity contribution in [3.8, 4) is 0 Å². The van der Waals surface area contributed by atoms with Crippen molar-refractivity contribution in [3.63, 3.8) is 0 Å². The molecule has 0 spiro atoms. The lowest BCUT2D eigenvalue weighted by molar-refractivity contribution is -0.0592. The largest absolute Gasteiger partial charge is 0.477 e. The number of rotatable bonds is 7. The van der Waals surface area contributed by atoms with E-state index in [9.17, 15) is 14.3 Å². The molecule has 37 heavy (non-hydrogen) atoms. The van der Waals surface area contributed by atoms with Gasteiger partial charge in [0.05, 0.1) is 19.2 Å². The molecule has 0 amide bonds. The quantitative estimate of drug-likeness (QED) is 0.375. The molecule has 2 aliphatic rings. The van der Waals surface area contributed by atoms with E-state index < -0.39 is 5.97 Å². The van der Waals surface area contributed by atoms with E-state index in [1.807, 2.05) is 4.57 Å². The molecule has 2 aliphatic heterocycles. The fraction of sp³-hybridized carbons (Fsp3) is 0.321. The minimum atomic E-state index is -1.06. The van der Waals surface area contributed by atoms with Crippen molar-refractivity contribution in [1.82, 2.24) is 19.4 Å². The second-order valence-corrected chi connectivity index (χ2v) is 10.2. The van der Waals surface area contributed by atoms with Gasteiger partial charge in [-0.15, -0.1) is 0 Å². The summed E-state index contributed by atoms with van der Waals surface area (Å²) in [4.78, 5) is 23.1. The van der Waals surface area contributed by atoms with Gasteiger partial charge in [0.1, 0.15) is 17.2 Å². The molecule has 0 saturated carbocycles. The number of carboxylic acids is 1. The molecule has 4 heterocycles. The molecule has 0 aliphatic carbocycles. The van der Waals surface area contributed by atoms with Gasteiger partial charge in [-0.2, -0.15) is 0 Å². The first kappa shape index (κ1) is 24.0. The highest BCUT2D eigenvalue weighted by atomic mass is 35.5. The molecule has 0 radical (unpaired) electrons. The Balaban J connectivity index is 1.24. The summed E-state index contributed by atoms with van der Waals surface area (Å²) in [7, 11) is 0. The maximum Gasteiger partial charge on any atom is 0.354 e. The van der Waals surface area contributed by atoms with Gasteiger partial charge in [0.2, 0.25) is 0 Å². The molecule has 4 aromatic rings. The number of nitrogens with zero attached hydrogens (tertiary/aromatic N) is 4. The molecule has 1 fully saturated rings. The van der Waals surface area contributed by atoms with E-state index in [2.05, 4.69) is 28.1 Å². The van der Waals surface area contributed by atoms with Crippen molar-refractivity contribution >= 4 is 28.7 Å². The smallest absolute Gasteiger partial charge is 0.354 e. The molecular formula is C28H26ClFN4O3. The van der Waals surface area contributed by atoms with Crippen LogP contribution in [-0.4, -0.2) is 49.8 Å². The normalized spacial score (nSPS) is 17.5. The van der Waals surface area contributed by atoms with Crippen molar-refractivity contribution in [2.45, 2.75) is 45.0 Å². The summed E-state index contributed by atoms with van der Waals surface area (Å²) in [6.07, 6.45) is 2.47. The summed E-state index contributed by atoms with van der Waals surface area (Å²) in [5, 5.41) is 9.82. The summed E-state index contributed by atoms with van der Waals surface area (Å²) in [6.45, 7) is 3.59. The van der Waals surface area contributed by atoms with Crippen molar-refractivity contribution in [3.05, 3.63) is 93.1 Å². The van der Waals surface area contributed by atoms with Gasteiger partial charge in [-0.1, -0.05) is 35.9 Å². The summed E-state index contributed by atoms with van der Waals surface area (Å²) in [5.74, 6) is -0.498. The standard InChI is InChI=1S/C28H26ClFN4O3/c29-21-4-3-19(23(30)13-21)11-17-1-2-18-7-9-33(14-20(18)12-17)16-26-31-24-5-6-25(28(35)36)32-27(24)34(26)15-22-8-10-37-22/h1-6,12-13,22H,7-11,14-16H2,(H,35,36)/t22-/m0/s1. The van der Waals surface area contributed by atoms with Gasteiger partial charge >= 0.3 is 5.97 Å². The number of halogens is 2. The molecule has 190 valence electrons. The molecule has 0 unspecified atom stereocenters. The van der Waals surface area contributed by atoms with Crippen LogP contribution in [0.15, 0.2) is 48.5 Å². The second kappa shape index (κ2) is 9.85. The van der Waals surface area contributed by atoms with Crippen LogP contribution in [0.25, 0.3) is 11.2 Å². The second-order valence-electron chi connectivity index (χ2n) is 9.74. The van der Waals surface area contributed by atoms with E-state index in [0.29, 0.717) is 41.3 Å². The highest BCUT2D eigenvalue weighted by molar-refractivity contribution is 6.30. The Hall–Kier alpha value is -3.33. The number of benzene rings is 2. The number of pyridine rings is 1. The van der Waals surface area contributed by atoms with Crippen LogP contribution in [0.5, 0.6) is 0 Å². The predicted molar refractivity (Wildman–Crippen MR) is 137 cm³/mol. The average molecular weight is 521 g/mol. The molecule has 1 N–H and O–H groups in total. The number of aromatic nitrogens is 3. The lowest BCUT2D eigenvalue weighted by Gasteiger charge is -2.30. The molecular weight excluding hydrogens is 495 g/mol. The third kappa shape index (κ3) is 4.97. The Kier molecular flexibility index (Phi) is 6.40. The number of hydrogen-bond donors (Lipinski definition) is 1. The molecule has 6 rings (SSSR count). The lowest BCUT2D eigenvalue weighted by atomic mass is 9.95. The van der Waals surface area contributed by atoms with Crippen molar-refractivity contribution in [2.24, 2.45) is 0 Å². The SMILES string of the molecule is O=C(O)c1ccc2nc(CN3CCc4ccc(Cc5ccc(Cl)cc5F)cc4C3)n(C[C@@H]3CCO3)c2n1. The first-order valence-corrected chi connectivity index (χ1v) is 12.8. The van der Waals surface area contributed by atoms with Gasteiger partial charge < -0.3 is 14.4 Å². The fourth-order valence-corrected chi connectivity index (χ4v) is 5.27. The van der Waals surface area contributed by atoms with E-state index in [1.54, 1.807) is 18.2 Å². The van der Waals surface area contributed by atoms with Crippen LogP contribution in [0, 0.1) is 5.82 Å². The maximum absolute atomic E-state index is 14.3. The van der Waals surface area contributed by atoms with Crippen molar-refractivity contribution in [1.29, 1.82) is 0 Å². The van der Waals surface area contributed by atoms with E-state index in [4.69, 9.17) is 21.3 Å². The van der Waals surface area contributed by atoms with Gasteiger partial charge in [0.15, 0.2) is 11.3 Å². The number of carbonyl (C=O) groups is 1. The van der Waals surface area contributed by atoms with E-state index >= 15 is 0 Å². The highest BCUT2D eigenvalue weighted by Crippen LogP contribution is 2.26. The van der Waals surface area contributed by atoms with E-state index in [1.165, 1.54) is 23.3 Å². The average Bonchev–Trinajstić information content (AvgIpc) is 3.18. The van der Waals surface area contributed by atoms with Crippen LogP contribution in [0.2, 0.25) is 5.02 Å². The Bertz CT molecular complexity index is 1500. The first-order chi connectivity index (χ1) is 17.9. The number of imidazole rings is 1. The number of ether oxygens (including phenoxy) is 1.